The maximum Gasteiger partial charge on any atom is 0.223 e. The Morgan fingerprint density at radius 3 is 2.34 bits per heavy atom. The molecular weight excluding hydrogens is 461 g/mol. The van der Waals surface area contributed by atoms with Crippen molar-refractivity contribution in [2.24, 2.45) is 5.92 Å². The minimum atomic E-state index is -0.264. The van der Waals surface area contributed by atoms with Crippen molar-refractivity contribution in [2.75, 3.05) is 13.1 Å². The summed E-state index contributed by atoms with van der Waals surface area (Å²) in [5.74, 6) is -0.155. The summed E-state index contributed by atoms with van der Waals surface area (Å²) in [5.41, 5.74) is 4.63. The number of benzene rings is 3. The number of fused-ring (bicyclic) bond motifs is 1. The van der Waals surface area contributed by atoms with Crippen LogP contribution in [0.5, 0.6) is 0 Å². The van der Waals surface area contributed by atoms with Crippen LogP contribution in [-0.2, 0) is 24.4 Å². The van der Waals surface area contributed by atoms with E-state index >= 15 is 0 Å². The summed E-state index contributed by atoms with van der Waals surface area (Å²) in [6, 6.07) is 25.1. The van der Waals surface area contributed by atoms with E-state index in [0.29, 0.717) is 6.54 Å². The zero-order chi connectivity index (χ0) is 24.2. The molecule has 0 radical (unpaired) electrons. The molecule has 1 aliphatic heterocycles. The van der Waals surface area contributed by atoms with Crippen LogP contribution in [0, 0.1) is 11.7 Å². The van der Waals surface area contributed by atoms with Crippen LogP contribution in [0.2, 0.25) is 5.02 Å². The molecule has 5 rings (SSSR count). The van der Waals surface area contributed by atoms with E-state index in [1.165, 1.54) is 34.3 Å². The van der Waals surface area contributed by atoms with E-state index in [1.807, 2.05) is 12.1 Å². The lowest BCUT2D eigenvalue weighted by atomic mass is 9.95. The summed E-state index contributed by atoms with van der Waals surface area (Å²) in [6.45, 7) is 3.85. The van der Waals surface area contributed by atoms with Crippen molar-refractivity contribution in [1.82, 2.24) is 14.8 Å². The van der Waals surface area contributed by atoms with Gasteiger partial charge in [0.05, 0.1) is 0 Å². The van der Waals surface area contributed by atoms with Crippen LogP contribution in [0.1, 0.15) is 29.7 Å². The average molecular weight is 490 g/mol. The second kappa shape index (κ2) is 10.6. The molecule has 2 heterocycles. The number of amides is 1. The van der Waals surface area contributed by atoms with Gasteiger partial charge < -0.3 is 9.88 Å². The van der Waals surface area contributed by atoms with Gasteiger partial charge in [0.15, 0.2) is 0 Å². The number of rotatable bonds is 7. The molecule has 3 aromatic carbocycles. The van der Waals surface area contributed by atoms with E-state index in [2.05, 4.69) is 57.2 Å². The van der Waals surface area contributed by atoms with Gasteiger partial charge in [-0.3, -0.25) is 9.69 Å². The van der Waals surface area contributed by atoms with Gasteiger partial charge in [0.2, 0.25) is 5.91 Å². The Kier molecular flexibility index (Phi) is 7.16. The molecule has 0 aliphatic carbocycles. The molecule has 0 spiro atoms. The van der Waals surface area contributed by atoms with Gasteiger partial charge in [0.1, 0.15) is 5.82 Å². The largest absolute Gasteiger partial charge is 0.352 e. The van der Waals surface area contributed by atoms with Crippen molar-refractivity contribution in [1.29, 1.82) is 0 Å². The fraction of sp³-hybridized carbons (Fsp3) is 0.276. The number of likely N-dealkylation sites (tertiary alicyclic amines) is 1. The lowest BCUT2D eigenvalue weighted by Gasteiger charge is -2.31. The van der Waals surface area contributed by atoms with E-state index in [4.69, 9.17) is 11.6 Å². The first-order valence-corrected chi connectivity index (χ1v) is 12.5. The normalized spacial score (nSPS) is 14.9. The molecule has 35 heavy (non-hydrogen) atoms. The number of para-hydroxylation sites is 1. The van der Waals surface area contributed by atoms with Crippen LogP contribution in [0.4, 0.5) is 4.39 Å². The summed E-state index contributed by atoms with van der Waals surface area (Å²) < 4.78 is 15.5. The van der Waals surface area contributed by atoms with Gasteiger partial charge in [-0.25, -0.2) is 4.39 Å². The standard InChI is InChI=1S/C29H29ClFN3O/c30-25-9-5-22(6-10-25)19-34-27(17-24-3-1-2-4-28(24)34)20-33-15-13-23(14-16-33)29(35)32-18-21-7-11-26(31)12-8-21/h1-12,17,23H,13-16,18-20H2,(H,32,35). The minimum Gasteiger partial charge on any atom is -0.352 e. The molecule has 0 bridgehead atoms. The number of hydrogen-bond acceptors (Lipinski definition) is 2. The SMILES string of the molecule is O=C(NCc1ccc(F)cc1)C1CCN(Cc2cc3ccccc3n2Cc2ccc(Cl)cc2)CC1. The highest BCUT2D eigenvalue weighted by molar-refractivity contribution is 6.30. The third-order valence-corrected chi connectivity index (χ3v) is 7.13. The Labute approximate surface area is 210 Å². The fourth-order valence-corrected chi connectivity index (χ4v) is 5.00. The Morgan fingerprint density at radius 1 is 0.914 bits per heavy atom. The Bertz CT molecular complexity index is 1290. The summed E-state index contributed by atoms with van der Waals surface area (Å²) in [5, 5.41) is 5.01. The molecule has 0 saturated carbocycles. The van der Waals surface area contributed by atoms with E-state index in [9.17, 15) is 9.18 Å². The topological polar surface area (TPSA) is 37.3 Å². The van der Waals surface area contributed by atoms with Crippen molar-refractivity contribution in [3.63, 3.8) is 0 Å². The number of carbonyl (C=O) groups is 1. The van der Waals surface area contributed by atoms with Crippen molar-refractivity contribution >= 4 is 28.4 Å². The predicted molar refractivity (Wildman–Crippen MR) is 139 cm³/mol. The van der Waals surface area contributed by atoms with Crippen molar-refractivity contribution in [3.05, 3.63) is 107 Å². The number of carbonyl (C=O) groups excluding carboxylic acids is 1. The van der Waals surface area contributed by atoms with Crippen LogP contribution in [0.3, 0.4) is 0 Å². The number of aromatic nitrogens is 1. The van der Waals surface area contributed by atoms with Gasteiger partial charge in [-0.05, 0) is 78.8 Å². The first-order chi connectivity index (χ1) is 17.0. The molecule has 4 aromatic rings. The predicted octanol–water partition coefficient (Wildman–Crippen LogP) is 6.01. The quantitative estimate of drug-likeness (QED) is 0.345. The number of halogens is 2. The first-order valence-electron chi connectivity index (χ1n) is 12.1. The van der Waals surface area contributed by atoms with Gasteiger partial charge >= 0.3 is 0 Å². The van der Waals surface area contributed by atoms with Crippen LogP contribution < -0.4 is 5.32 Å². The molecule has 6 heteroatoms. The molecule has 0 atom stereocenters. The molecule has 180 valence electrons. The molecule has 0 unspecified atom stereocenters. The maximum absolute atomic E-state index is 13.1. The lowest BCUT2D eigenvalue weighted by molar-refractivity contribution is -0.126. The molecule has 4 nitrogen and oxygen atoms in total. The third kappa shape index (κ3) is 5.75. The van der Waals surface area contributed by atoms with Crippen molar-refractivity contribution < 1.29 is 9.18 Å². The molecule has 1 amide bonds. The van der Waals surface area contributed by atoms with Gasteiger partial charge in [-0.1, -0.05) is 54.1 Å². The smallest absolute Gasteiger partial charge is 0.223 e. The second-order valence-electron chi connectivity index (χ2n) is 9.30. The summed E-state index contributed by atoms with van der Waals surface area (Å²) in [6.07, 6.45) is 1.68. The number of piperidine rings is 1. The average Bonchev–Trinajstić information content (AvgIpc) is 3.22. The molecule has 1 aliphatic rings. The van der Waals surface area contributed by atoms with Crippen LogP contribution in [0.25, 0.3) is 10.9 Å². The third-order valence-electron chi connectivity index (χ3n) is 6.87. The van der Waals surface area contributed by atoms with Crippen LogP contribution >= 0.6 is 11.6 Å². The first kappa shape index (κ1) is 23.6. The highest BCUT2D eigenvalue weighted by Gasteiger charge is 2.25. The molecule has 1 aromatic heterocycles. The van der Waals surface area contributed by atoms with Crippen molar-refractivity contribution in [3.8, 4) is 0 Å². The van der Waals surface area contributed by atoms with Crippen molar-refractivity contribution in [2.45, 2.75) is 32.5 Å². The summed E-state index contributed by atoms with van der Waals surface area (Å²) in [7, 11) is 0. The van der Waals surface area contributed by atoms with E-state index in [-0.39, 0.29) is 17.6 Å². The lowest BCUT2D eigenvalue weighted by Crippen LogP contribution is -2.40. The Hall–Kier alpha value is -3.15. The van der Waals surface area contributed by atoms with Crippen LogP contribution in [0.15, 0.2) is 78.9 Å². The number of hydrogen-bond donors (Lipinski definition) is 1. The monoisotopic (exact) mass is 489 g/mol. The maximum atomic E-state index is 13.1. The Morgan fingerprint density at radius 2 is 1.60 bits per heavy atom. The van der Waals surface area contributed by atoms with Crippen LogP contribution in [-0.4, -0.2) is 28.5 Å². The van der Waals surface area contributed by atoms with E-state index < -0.39 is 0 Å². The highest BCUT2D eigenvalue weighted by atomic mass is 35.5. The van der Waals surface area contributed by atoms with E-state index in [0.717, 1.165) is 49.6 Å². The van der Waals surface area contributed by atoms with E-state index in [1.54, 1.807) is 12.1 Å². The van der Waals surface area contributed by atoms with Gasteiger partial charge in [0.25, 0.3) is 0 Å². The Balaban J connectivity index is 1.21. The molecule has 1 fully saturated rings. The number of nitrogens with zero attached hydrogens (tertiary/aromatic N) is 2. The second-order valence-corrected chi connectivity index (χ2v) is 9.74. The summed E-state index contributed by atoms with van der Waals surface area (Å²) >= 11 is 6.08. The zero-order valence-electron chi connectivity index (χ0n) is 19.6. The van der Waals surface area contributed by atoms with Gasteiger partial charge in [-0.15, -0.1) is 0 Å². The van der Waals surface area contributed by atoms with Gasteiger partial charge in [0, 0.05) is 41.8 Å². The molecule has 1 saturated heterocycles. The summed E-state index contributed by atoms with van der Waals surface area (Å²) in [4.78, 5) is 15.1. The zero-order valence-corrected chi connectivity index (χ0v) is 20.3. The molecule has 1 N–H and O–H groups in total. The highest BCUT2D eigenvalue weighted by Crippen LogP contribution is 2.25. The fourth-order valence-electron chi connectivity index (χ4n) is 4.88. The minimum absolute atomic E-state index is 0.0200. The molecular formula is C29H29ClFN3O. The number of nitrogens with one attached hydrogen (secondary N) is 1. The van der Waals surface area contributed by atoms with Gasteiger partial charge in [-0.2, -0.15) is 0 Å².